The van der Waals surface area contributed by atoms with Crippen molar-refractivity contribution in [2.45, 2.75) is 19.5 Å². The molecule has 2 aromatic carbocycles. The third-order valence-electron chi connectivity index (χ3n) is 5.22. The Balaban J connectivity index is 1.36. The van der Waals surface area contributed by atoms with E-state index in [9.17, 15) is 4.79 Å². The largest absolute Gasteiger partial charge is 0.363 e. The van der Waals surface area contributed by atoms with E-state index in [1.807, 2.05) is 18.2 Å². The molecule has 0 atom stereocenters. The van der Waals surface area contributed by atoms with Crippen LogP contribution < -0.4 is 5.73 Å². The van der Waals surface area contributed by atoms with Crippen molar-refractivity contribution in [2.75, 3.05) is 6.54 Å². The number of primary amides is 1. The second-order valence-corrected chi connectivity index (χ2v) is 7.21. The van der Waals surface area contributed by atoms with E-state index < -0.39 is 5.91 Å². The van der Waals surface area contributed by atoms with Crippen molar-refractivity contribution in [1.29, 1.82) is 0 Å². The predicted octanol–water partition coefficient (Wildman–Crippen LogP) is 3.05. The molecule has 1 aliphatic rings. The Hall–Kier alpha value is -3.78. The van der Waals surface area contributed by atoms with Crippen LogP contribution in [0.5, 0.6) is 0 Å². The highest BCUT2D eigenvalue weighted by Gasteiger charge is 2.26. The molecule has 2 aromatic heterocycles. The number of carbonyl (C=O) groups excluding carboxylic acids is 1. The van der Waals surface area contributed by atoms with Crippen molar-refractivity contribution in [3.8, 4) is 22.4 Å². The van der Waals surface area contributed by atoms with E-state index in [0.717, 1.165) is 41.1 Å². The molecule has 0 aliphatic carbocycles. The number of rotatable bonds is 5. The van der Waals surface area contributed by atoms with Gasteiger partial charge in [0.25, 0.3) is 11.7 Å². The van der Waals surface area contributed by atoms with Crippen LogP contribution in [-0.4, -0.2) is 32.6 Å². The molecule has 0 saturated heterocycles. The van der Waals surface area contributed by atoms with E-state index in [1.165, 1.54) is 5.56 Å². The lowest BCUT2D eigenvalue weighted by molar-refractivity contribution is 0.0987. The summed E-state index contributed by atoms with van der Waals surface area (Å²) >= 11 is 0. The van der Waals surface area contributed by atoms with E-state index in [-0.39, 0.29) is 5.82 Å². The minimum absolute atomic E-state index is 0.105. The minimum Gasteiger partial charge on any atom is -0.363 e. The second kappa shape index (κ2) is 7.57. The van der Waals surface area contributed by atoms with Gasteiger partial charge in [-0.15, -0.1) is 0 Å². The van der Waals surface area contributed by atoms with Crippen LogP contribution in [0.3, 0.4) is 0 Å². The highest BCUT2D eigenvalue weighted by Crippen LogP contribution is 2.31. The lowest BCUT2D eigenvalue weighted by atomic mass is 9.99. The molecule has 1 aliphatic heterocycles. The van der Waals surface area contributed by atoms with E-state index in [2.05, 4.69) is 56.6 Å². The van der Waals surface area contributed by atoms with Crippen molar-refractivity contribution in [3.05, 3.63) is 77.6 Å². The molecule has 0 unspecified atom stereocenters. The third kappa shape index (κ3) is 3.48. The van der Waals surface area contributed by atoms with Gasteiger partial charge in [0.2, 0.25) is 5.89 Å². The smallest absolute Gasteiger partial charge is 0.290 e. The number of hydrogen-bond donors (Lipinski definition) is 1. The molecule has 3 heterocycles. The molecule has 30 heavy (non-hydrogen) atoms. The molecule has 1 amide bonds. The number of fused-ring (bicyclic) bond motifs is 1. The summed E-state index contributed by atoms with van der Waals surface area (Å²) in [6.45, 7) is 1.84. The number of hydrogen-bond acceptors (Lipinski definition) is 7. The fraction of sp³-hybridized carbons (Fsp3) is 0.182. The maximum absolute atomic E-state index is 11.2. The maximum atomic E-state index is 11.2. The molecular weight excluding hydrogens is 382 g/mol. The van der Waals surface area contributed by atoms with Gasteiger partial charge in [0.05, 0.1) is 6.54 Å². The molecule has 8 nitrogen and oxygen atoms in total. The number of nitrogens with zero attached hydrogens (tertiary/aromatic N) is 4. The van der Waals surface area contributed by atoms with Crippen LogP contribution in [-0.2, 0) is 19.5 Å². The Morgan fingerprint density at radius 3 is 2.43 bits per heavy atom. The van der Waals surface area contributed by atoms with Crippen LogP contribution in [0, 0.1) is 0 Å². The van der Waals surface area contributed by atoms with Crippen LogP contribution in [0.2, 0.25) is 0 Å². The first kappa shape index (κ1) is 18.3. The average molecular weight is 401 g/mol. The fourth-order valence-electron chi connectivity index (χ4n) is 3.69. The van der Waals surface area contributed by atoms with E-state index in [1.54, 1.807) is 0 Å². The number of carbonyl (C=O) groups is 1. The second-order valence-electron chi connectivity index (χ2n) is 7.21. The maximum Gasteiger partial charge on any atom is 0.290 e. The monoisotopic (exact) mass is 401 g/mol. The van der Waals surface area contributed by atoms with E-state index in [0.29, 0.717) is 19.0 Å². The first-order valence-corrected chi connectivity index (χ1v) is 9.65. The van der Waals surface area contributed by atoms with Gasteiger partial charge in [0.15, 0.2) is 0 Å². The first-order valence-electron chi connectivity index (χ1n) is 9.65. The number of amides is 1. The number of nitrogens with two attached hydrogens (primary N) is 1. The summed E-state index contributed by atoms with van der Waals surface area (Å²) in [5.41, 5.74) is 10.4. The van der Waals surface area contributed by atoms with Crippen LogP contribution in [0.1, 0.15) is 27.8 Å². The summed E-state index contributed by atoms with van der Waals surface area (Å²) in [5, 5.41) is 7.92. The van der Waals surface area contributed by atoms with Gasteiger partial charge in [-0.2, -0.15) is 4.98 Å². The summed E-state index contributed by atoms with van der Waals surface area (Å²) in [7, 11) is 0. The van der Waals surface area contributed by atoms with Gasteiger partial charge in [-0.1, -0.05) is 64.9 Å². The molecule has 0 fully saturated rings. The van der Waals surface area contributed by atoms with Crippen molar-refractivity contribution in [1.82, 2.24) is 20.2 Å². The molecular formula is C22H19N5O3. The van der Waals surface area contributed by atoms with E-state index >= 15 is 0 Å². The summed E-state index contributed by atoms with van der Waals surface area (Å²) in [5.74, 6) is 0.451. The van der Waals surface area contributed by atoms with Crippen molar-refractivity contribution >= 4 is 5.91 Å². The highest BCUT2D eigenvalue weighted by molar-refractivity contribution is 5.88. The SMILES string of the molecule is NC(=O)c1noc(CN2CCc3onc(-c4ccc(-c5ccccc5)cc4)c3C2)n1. The summed E-state index contributed by atoms with van der Waals surface area (Å²) in [4.78, 5) is 17.3. The molecule has 2 N–H and O–H groups in total. The molecule has 0 radical (unpaired) electrons. The topological polar surface area (TPSA) is 111 Å². The molecule has 150 valence electrons. The molecule has 5 rings (SSSR count). The Kier molecular flexibility index (Phi) is 4.61. The lowest BCUT2D eigenvalue weighted by Gasteiger charge is -2.24. The predicted molar refractivity (Wildman–Crippen MR) is 108 cm³/mol. The van der Waals surface area contributed by atoms with Crippen molar-refractivity contribution in [3.63, 3.8) is 0 Å². The van der Waals surface area contributed by atoms with Gasteiger partial charge in [-0.05, 0) is 11.1 Å². The minimum atomic E-state index is -0.703. The van der Waals surface area contributed by atoms with Crippen LogP contribution in [0.4, 0.5) is 0 Å². The summed E-state index contributed by atoms with van der Waals surface area (Å²) in [6, 6.07) is 18.6. The fourth-order valence-corrected chi connectivity index (χ4v) is 3.69. The molecule has 0 bridgehead atoms. The van der Waals surface area contributed by atoms with Gasteiger partial charge in [-0.25, -0.2) is 0 Å². The van der Waals surface area contributed by atoms with Gasteiger partial charge >= 0.3 is 0 Å². The van der Waals surface area contributed by atoms with Gasteiger partial charge in [-0.3, -0.25) is 9.69 Å². The molecule has 0 spiro atoms. The first-order chi connectivity index (χ1) is 14.7. The zero-order chi connectivity index (χ0) is 20.5. The van der Waals surface area contributed by atoms with Gasteiger partial charge < -0.3 is 14.8 Å². The summed E-state index contributed by atoms with van der Waals surface area (Å²) < 4.78 is 10.7. The van der Waals surface area contributed by atoms with Crippen molar-refractivity contribution < 1.29 is 13.8 Å². The Labute approximate surface area is 172 Å². The van der Waals surface area contributed by atoms with Gasteiger partial charge in [0.1, 0.15) is 11.5 Å². The van der Waals surface area contributed by atoms with Crippen LogP contribution in [0.25, 0.3) is 22.4 Å². The van der Waals surface area contributed by atoms with Crippen LogP contribution >= 0.6 is 0 Å². The third-order valence-corrected chi connectivity index (χ3v) is 5.22. The Bertz CT molecular complexity index is 1180. The number of aromatic nitrogens is 3. The van der Waals surface area contributed by atoms with Gasteiger partial charge in [0, 0.05) is 30.6 Å². The van der Waals surface area contributed by atoms with Crippen LogP contribution in [0.15, 0.2) is 63.6 Å². The van der Waals surface area contributed by atoms with E-state index in [4.69, 9.17) is 14.8 Å². The molecule has 4 aromatic rings. The highest BCUT2D eigenvalue weighted by atomic mass is 16.5. The molecule has 0 saturated carbocycles. The quantitative estimate of drug-likeness (QED) is 0.547. The Morgan fingerprint density at radius 2 is 1.70 bits per heavy atom. The average Bonchev–Trinajstić information content (AvgIpc) is 3.42. The molecule has 8 heteroatoms. The zero-order valence-electron chi connectivity index (χ0n) is 16.1. The summed E-state index contributed by atoms with van der Waals surface area (Å²) in [6.07, 6.45) is 0.737. The Morgan fingerprint density at radius 1 is 0.967 bits per heavy atom. The lowest BCUT2D eigenvalue weighted by Crippen LogP contribution is -2.29. The zero-order valence-corrected chi connectivity index (χ0v) is 16.1. The normalized spacial score (nSPS) is 13.9. The van der Waals surface area contributed by atoms with Crippen molar-refractivity contribution in [2.24, 2.45) is 5.73 Å². The standard InChI is InChI=1S/C22H19N5O3/c23-21(28)22-24-19(30-26-22)13-27-11-10-18-17(12-27)20(25-29-18)16-8-6-15(7-9-16)14-4-2-1-3-5-14/h1-9H,10-13H2,(H2,23,28). The number of benzene rings is 2.